The summed E-state index contributed by atoms with van der Waals surface area (Å²) in [5.74, 6) is -0.0805. The number of hydrogen-bond donors (Lipinski definition) is 0. The van der Waals surface area contributed by atoms with Gasteiger partial charge in [-0.1, -0.05) is 12.8 Å². The molecule has 146 valence electrons. The molecule has 0 radical (unpaired) electrons. The zero-order valence-electron chi connectivity index (χ0n) is 15.6. The first-order valence-corrected chi connectivity index (χ1v) is 11.6. The lowest BCUT2D eigenvalue weighted by Gasteiger charge is -2.25. The summed E-state index contributed by atoms with van der Waals surface area (Å²) in [5.41, 5.74) is 2.81. The van der Waals surface area contributed by atoms with Gasteiger partial charge >= 0.3 is 0 Å². The third-order valence-corrected chi connectivity index (χ3v) is 7.62. The molecule has 0 saturated carbocycles. The van der Waals surface area contributed by atoms with E-state index in [2.05, 4.69) is 0 Å². The topological polar surface area (TPSA) is 74.8 Å². The minimum absolute atomic E-state index is 0.0410. The second-order valence-corrected chi connectivity index (χ2v) is 9.86. The molecule has 0 aromatic heterocycles. The zero-order chi connectivity index (χ0) is 19.0. The Morgan fingerprint density at radius 1 is 0.926 bits per heavy atom. The van der Waals surface area contributed by atoms with Crippen molar-refractivity contribution in [3.05, 3.63) is 23.3 Å². The molecule has 0 spiro atoms. The largest absolute Gasteiger partial charge is 0.343 e. The van der Waals surface area contributed by atoms with Crippen molar-refractivity contribution in [3.63, 3.8) is 0 Å². The maximum absolute atomic E-state index is 12.9. The van der Waals surface area contributed by atoms with Crippen LogP contribution in [0, 0.1) is 0 Å². The van der Waals surface area contributed by atoms with Gasteiger partial charge in [-0.25, -0.2) is 8.42 Å². The Labute approximate surface area is 160 Å². The monoisotopic (exact) mass is 390 g/mol. The Balaban J connectivity index is 1.50. The van der Waals surface area contributed by atoms with Crippen LogP contribution in [0.5, 0.6) is 0 Å². The van der Waals surface area contributed by atoms with Crippen LogP contribution in [0.15, 0.2) is 17.0 Å². The first-order valence-electron chi connectivity index (χ1n) is 9.92. The maximum atomic E-state index is 12.9. The van der Waals surface area contributed by atoms with Gasteiger partial charge < -0.3 is 9.80 Å². The zero-order valence-corrected chi connectivity index (χ0v) is 16.4. The predicted octanol–water partition coefficient (Wildman–Crippen LogP) is 2.09. The van der Waals surface area contributed by atoms with Gasteiger partial charge in [0.25, 0.3) is 0 Å². The number of amides is 2. The molecule has 1 aromatic carbocycles. The van der Waals surface area contributed by atoms with Crippen molar-refractivity contribution in [3.8, 4) is 0 Å². The quantitative estimate of drug-likeness (QED) is 0.789. The molecule has 1 saturated heterocycles. The summed E-state index contributed by atoms with van der Waals surface area (Å²) in [7, 11) is -3.52. The van der Waals surface area contributed by atoms with E-state index in [1.54, 1.807) is 17.0 Å². The number of nitrogens with zero attached hydrogens (tertiary/aromatic N) is 2. The average Bonchev–Trinajstić information content (AvgIpc) is 2.90. The Bertz CT molecular complexity index is 870. The lowest BCUT2D eigenvalue weighted by atomic mass is 10.00. The van der Waals surface area contributed by atoms with Gasteiger partial charge in [0.05, 0.1) is 16.3 Å². The van der Waals surface area contributed by atoms with E-state index < -0.39 is 9.84 Å². The van der Waals surface area contributed by atoms with Crippen LogP contribution in [-0.2, 0) is 32.3 Å². The van der Waals surface area contributed by atoms with Gasteiger partial charge in [-0.3, -0.25) is 9.59 Å². The fourth-order valence-corrected chi connectivity index (χ4v) is 5.75. The van der Waals surface area contributed by atoms with Crippen LogP contribution in [0.4, 0.5) is 5.69 Å². The number of sulfone groups is 1. The number of rotatable bonds is 4. The van der Waals surface area contributed by atoms with Crippen LogP contribution in [0.2, 0.25) is 0 Å². The Morgan fingerprint density at radius 3 is 2.30 bits per heavy atom. The van der Waals surface area contributed by atoms with Crippen molar-refractivity contribution in [2.45, 2.75) is 56.3 Å². The molecular weight excluding hydrogens is 364 g/mol. The summed E-state index contributed by atoms with van der Waals surface area (Å²) < 4.78 is 25.7. The van der Waals surface area contributed by atoms with Crippen molar-refractivity contribution in [2.24, 2.45) is 0 Å². The molecule has 6 nitrogen and oxygen atoms in total. The molecule has 0 unspecified atom stereocenters. The summed E-state index contributed by atoms with van der Waals surface area (Å²) >= 11 is 0. The molecule has 2 amide bonds. The van der Waals surface area contributed by atoms with E-state index in [0.717, 1.165) is 55.6 Å². The molecule has 27 heavy (non-hydrogen) atoms. The van der Waals surface area contributed by atoms with Crippen molar-refractivity contribution in [1.29, 1.82) is 0 Å². The van der Waals surface area contributed by atoms with E-state index in [9.17, 15) is 18.0 Å². The normalized spacial score (nSPS) is 19.8. The van der Waals surface area contributed by atoms with Gasteiger partial charge in [0.15, 0.2) is 9.84 Å². The molecule has 3 aliphatic heterocycles. The van der Waals surface area contributed by atoms with E-state index in [-0.39, 0.29) is 24.0 Å². The number of carbonyl (C=O) groups is 2. The second kappa shape index (κ2) is 7.26. The fourth-order valence-electron chi connectivity index (χ4n) is 4.42. The second-order valence-electron chi connectivity index (χ2n) is 7.75. The van der Waals surface area contributed by atoms with Gasteiger partial charge in [-0.15, -0.1) is 0 Å². The molecule has 0 bridgehead atoms. The fraction of sp³-hybridized carbons (Fsp3) is 0.600. The lowest BCUT2D eigenvalue weighted by Crippen LogP contribution is -2.33. The molecule has 0 atom stereocenters. The number of aryl methyl sites for hydroxylation is 1. The summed E-state index contributed by atoms with van der Waals surface area (Å²) in [5, 5.41) is 0. The van der Waals surface area contributed by atoms with Gasteiger partial charge in [-0.2, -0.15) is 0 Å². The number of anilines is 1. The smallest absolute Gasteiger partial charge is 0.227 e. The van der Waals surface area contributed by atoms with Gasteiger partial charge in [0, 0.05) is 32.5 Å². The van der Waals surface area contributed by atoms with Crippen LogP contribution in [0.1, 0.15) is 49.7 Å². The van der Waals surface area contributed by atoms with Crippen molar-refractivity contribution in [1.82, 2.24) is 4.90 Å². The SMILES string of the molecule is O=C(CCS(=O)(=O)c1cc2c3c(c1)CCN3C(=O)CC2)N1CCCCCC1. The summed E-state index contributed by atoms with van der Waals surface area (Å²) in [6.45, 7) is 2.12. The Kier molecular flexibility index (Phi) is 4.97. The van der Waals surface area contributed by atoms with E-state index in [1.165, 1.54) is 0 Å². The summed E-state index contributed by atoms with van der Waals surface area (Å²) in [4.78, 5) is 28.4. The minimum atomic E-state index is -3.52. The molecule has 1 fully saturated rings. The molecule has 7 heteroatoms. The van der Waals surface area contributed by atoms with Crippen LogP contribution in [0.3, 0.4) is 0 Å². The van der Waals surface area contributed by atoms with Crippen molar-refractivity contribution in [2.75, 3.05) is 30.3 Å². The summed E-state index contributed by atoms with van der Waals surface area (Å²) in [6, 6.07) is 3.43. The first-order chi connectivity index (χ1) is 13.0. The van der Waals surface area contributed by atoms with Crippen LogP contribution in [0.25, 0.3) is 0 Å². The highest BCUT2D eigenvalue weighted by molar-refractivity contribution is 7.91. The first kappa shape index (κ1) is 18.5. The minimum Gasteiger partial charge on any atom is -0.343 e. The Hall–Kier alpha value is -1.89. The molecule has 3 aliphatic rings. The third-order valence-electron chi connectivity index (χ3n) is 5.93. The van der Waals surface area contributed by atoms with Crippen molar-refractivity contribution >= 4 is 27.3 Å². The molecule has 3 heterocycles. The average molecular weight is 391 g/mol. The lowest BCUT2D eigenvalue weighted by molar-refractivity contribution is -0.130. The van der Waals surface area contributed by atoms with E-state index in [4.69, 9.17) is 0 Å². The third kappa shape index (κ3) is 3.61. The number of hydrogen-bond acceptors (Lipinski definition) is 4. The van der Waals surface area contributed by atoms with Crippen LogP contribution < -0.4 is 4.90 Å². The highest BCUT2D eigenvalue weighted by Gasteiger charge is 2.33. The highest BCUT2D eigenvalue weighted by Crippen LogP contribution is 2.38. The Morgan fingerprint density at radius 2 is 1.59 bits per heavy atom. The number of carbonyl (C=O) groups excluding carboxylic acids is 2. The van der Waals surface area contributed by atoms with E-state index in [0.29, 0.717) is 30.7 Å². The number of benzene rings is 1. The standard InChI is InChI=1S/C20H26N2O4S/c23-18(21-9-3-1-2-4-10-21)8-12-27(25,26)17-13-15-5-6-19(24)22-11-7-16(14-17)20(15)22/h13-14H,1-12H2. The maximum Gasteiger partial charge on any atom is 0.227 e. The van der Waals surface area contributed by atoms with Gasteiger partial charge in [0.1, 0.15) is 0 Å². The van der Waals surface area contributed by atoms with Gasteiger partial charge in [-0.05, 0) is 48.9 Å². The van der Waals surface area contributed by atoms with Gasteiger partial charge in [0.2, 0.25) is 11.8 Å². The van der Waals surface area contributed by atoms with Crippen LogP contribution in [-0.4, -0.2) is 50.5 Å². The number of likely N-dealkylation sites (tertiary alicyclic amines) is 1. The molecule has 4 rings (SSSR count). The van der Waals surface area contributed by atoms with E-state index >= 15 is 0 Å². The molecule has 0 aliphatic carbocycles. The molecule has 1 aromatic rings. The van der Waals surface area contributed by atoms with Crippen LogP contribution >= 0.6 is 0 Å². The summed E-state index contributed by atoms with van der Waals surface area (Å²) in [6.07, 6.45) is 6.05. The molecular formula is C20H26N2O4S. The highest BCUT2D eigenvalue weighted by atomic mass is 32.2. The predicted molar refractivity (Wildman–Crippen MR) is 103 cm³/mol. The van der Waals surface area contributed by atoms with E-state index in [1.807, 2.05) is 4.90 Å². The molecule has 0 N–H and O–H groups in total. The van der Waals surface area contributed by atoms with Crippen molar-refractivity contribution < 1.29 is 18.0 Å².